The normalized spacial score (nSPS) is 23.5. The summed E-state index contributed by atoms with van der Waals surface area (Å²) in [4.78, 5) is 22.6. The van der Waals surface area contributed by atoms with Crippen molar-refractivity contribution in [2.75, 3.05) is 5.75 Å². The van der Waals surface area contributed by atoms with Crippen LogP contribution < -0.4 is 5.32 Å². The molecule has 2 N–H and O–H groups in total. The molecular weight excluding hydrogens is 250 g/mol. The molecule has 0 bridgehead atoms. The molecule has 2 rings (SSSR count). The minimum atomic E-state index is -0.967. The molecule has 1 fully saturated rings. The highest BCUT2D eigenvalue weighted by atomic mass is 32.2. The Morgan fingerprint density at radius 1 is 1.50 bits per heavy atom. The zero-order valence-corrected chi connectivity index (χ0v) is 10.9. The SMILES string of the molecule is Cc1ccccc1C[C@@H]1SC[C@H](C(=O)O)NC1=O. The molecule has 1 aliphatic heterocycles. The minimum Gasteiger partial charge on any atom is -0.480 e. The Kier molecular flexibility index (Phi) is 3.91. The number of benzene rings is 1. The highest BCUT2D eigenvalue weighted by Gasteiger charge is 2.32. The first kappa shape index (κ1) is 13.0. The van der Waals surface area contributed by atoms with Crippen molar-refractivity contribution < 1.29 is 14.7 Å². The van der Waals surface area contributed by atoms with Crippen LogP contribution in [0.2, 0.25) is 0 Å². The van der Waals surface area contributed by atoms with E-state index in [9.17, 15) is 9.59 Å². The number of nitrogens with one attached hydrogen (secondary N) is 1. The Labute approximate surface area is 110 Å². The van der Waals surface area contributed by atoms with Crippen molar-refractivity contribution in [3.05, 3.63) is 35.4 Å². The first-order valence-corrected chi connectivity index (χ1v) is 6.82. The Morgan fingerprint density at radius 3 is 2.83 bits per heavy atom. The number of hydrogen-bond donors (Lipinski definition) is 2. The third-order valence-corrected chi connectivity index (χ3v) is 4.35. The van der Waals surface area contributed by atoms with Crippen molar-refractivity contribution in [2.45, 2.75) is 24.6 Å². The average molecular weight is 265 g/mol. The maximum absolute atomic E-state index is 11.8. The molecule has 0 aliphatic carbocycles. The molecule has 1 aliphatic rings. The number of aryl methyl sites for hydroxylation is 1. The largest absolute Gasteiger partial charge is 0.480 e. The van der Waals surface area contributed by atoms with E-state index in [-0.39, 0.29) is 11.2 Å². The smallest absolute Gasteiger partial charge is 0.327 e. The summed E-state index contributed by atoms with van der Waals surface area (Å²) in [6.45, 7) is 2.01. The molecule has 0 aromatic heterocycles. The summed E-state index contributed by atoms with van der Waals surface area (Å²) in [6, 6.07) is 7.18. The van der Waals surface area contributed by atoms with Crippen molar-refractivity contribution in [1.82, 2.24) is 5.32 Å². The first-order valence-electron chi connectivity index (χ1n) is 5.77. The van der Waals surface area contributed by atoms with Gasteiger partial charge >= 0.3 is 5.97 Å². The summed E-state index contributed by atoms with van der Waals surface area (Å²) >= 11 is 1.42. The van der Waals surface area contributed by atoms with Crippen LogP contribution in [0.15, 0.2) is 24.3 Å². The van der Waals surface area contributed by atoms with Gasteiger partial charge in [0.15, 0.2) is 0 Å². The predicted molar refractivity (Wildman–Crippen MR) is 70.7 cm³/mol. The number of hydrogen-bond acceptors (Lipinski definition) is 3. The van der Waals surface area contributed by atoms with Crippen molar-refractivity contribution >= 4 is 23.6 Å². The van der Waals surface area contributed by atoms with Gasteiger partial charge < -0.3 is 10.4 Å². The Balaban J connectivity index is 2.02. The molecule has 1 aromatic carbocycles. The molecule has 0 unspecified atom stereocenters. The Bertz CT molecular complexity index is 475. The van der Waals surface area contributed by atoms with Crippen LogP contribution in [0.25, 0.3) is 0 Å². The third kappa shape index (κ3) is 2.85. The summed E-state index contributed by atoms with van der Waals surface area (Å²) in [5, 5.41) is 11.2. The standard InChI is InChI=1S/C13H15NO3S/c1-8-4-2-3-5-9(8)6-11-12(15)14-10(7-18-11)13(16)17/h2-5,10-11H,6-7H2,1H3,(H,14,15)(H,16,17)/t10-,11+/m1/s1. The van der Waals surface area contributed by atoms with E-state index in [1.54, 1.807) is 0 Å². The Hall–Kier alpha value is -1.49. The average Bonchev–Trinajstić information content (AvgIpc) is 2.34. The van der Waals surface area contributed by atoms with E-state index in [0.29, 0.717) is 12.2 Å². The third-order valence-electron chi connectivity index (χ3n) is 3.04. The summed E-state index contributed by atoms with van der Waals surface area (Å²) in [7, 11) is 0. The van der Waals surface area contributed by atoms with Crippen LogP contribution in [0.4, 0.5) is 0 Å². The van der Waals surface area contributed by atoms with Gasteiger partial charge in [-0.1, -0.05) is 24.3 Å². The van der Waals surface area contributed by atoms with E-state index in [4.69, 9.17) is 5.11 Å². The van der Waals surface area contributed by atoms with Crippen molar-refractivity contribution in [3.63, 3.8) is 0 Å². The molecule has 0 spiro atoms. The summed E-state index contributed by atoms with van der Waals surface area (Å²) in [6.07, 6.45) is 0.648. The number of carboxylic acid groups (broad SMARTS) is 1. The van der Waals surface area contributed by atoms with Gasteiger partial charge in [0.2, 0.25) is 5.91 Å². The van der Waals surface area contributed by atoms with Crippen LogP contribution in [-0.2, 0) is 16.0 Å². The lowest BCUT2D eigenvalue weighted by molar-refractivity contribution is -0.141. The van der Waals surface area contributed by atoms with E-state index in [1.807, 2.05) is 31.2 Å². The van der Waals surface area contributed by atoms with Crippen LogP contribution in [0.5, 0.6) is 0 Å². The van der Waals surface area contributed by atoms with Gasteiger partial charge in [-0.25, -0.2) is 4.79 Å². The van der Waals surface area contributed by atoms with Crippen molar-refractivity contribution in [3.8, 4) is 0 Å². The molecule has 1 heterocycles. The summed E-state index contributed by atoms with van der Waals surface area (Å²) < 4.78 is 0. The predicted octanol–water partition coefficient (Wildman–Crippen LogP) is 1.22. The molecule has 1 aromatic rings. The highest BCUT2D eigenvalue weighted by molar-refractivity contribution is 8.00. The highest BCUT2D eigenvalue weighted by Crippen LogP contribution is 2.23. The number of carbonyl (C=O) groups is 2. The Morgan fingerprint density at radius 2 is 2.22 bits per heavy atom. The van der Waals surface area contributed by atoms with E-state index in [1.165, 1.54) is 11.8 Å². The van der Waals surface area contributed by atoms with Gasteiger partial charge in [-0.2, -0.15) is 0 Å². The quantitative estimate of drug-likeness (QED) is 0.862. The lowest BCUT2D eigenvalue weighted by Gasteiger charge is -2.26. The molecule has 2 atom stereocenters. The lowest BCUT2D eigenvalue weighted by Crippen LogP contribution is -2.51. The number of carbonyl (C=O) groups excluding carboxylic acids is 1. The monoisotopic (exact) mass is 265 g/mol. The number of amides is 1. The van der Waals surface area contributed by atoms with Crippen LogP contribution in [0.3, 0.4) is 0 Å². The fourth-order valence-electron chi connectivity index (χ4n) is 1.92. The van der Waals surface area contributed by atoms with Crippen molar-refractivity contribution in [2.24, 2.45) is 0 Å². The number of carboxylic acids is 1. The maximum Gasteiger partial charge on any atom is 0.327 e. The van der Waals surface area contributed by atoms with Gasteiger partial charge in [-0.05, 0) is 24.5 Å². The molecule has 18 heavy (non-hydrogen) atoms. The van der Waals surface area contributed by atoms with E-state index < -0.39 is 12.0 Å². The van der Waals surface area contributed by atoms with Gasteiger partial charge in [0.1, 0.15) is 6.04 Å². The van der Waals surface area contributed by atoms with Crippen LogP contribution in [-0.4, -0.2) is 34.0 Å². The van der Waals surface area contributed by atoms with Gasteiger partial charge in [0.05, 0.1) is 5.25 Å². The van der Waals surface area contributed by atoms with Crippen molar-refractivity contribution in [1.29, 1.82) is 0 Å². The molecule has 0 radical (unpaired) electrons. The first-order chi connectivity index (χ1) is 8.58. The van der Waals surface area contributed by atoms with Gasteiger partial charge in [0, 0.05) is 5.75 Å². The zero-order valence-electron chi connectivity index (χ0n) is 10.1. The number of rotatable bonds is 3. The second-order valence-corrected chi connectivity index (χ2v) is 5.59. The molecule has 5 heteroatoms. The van der Waals surface area contributed by atoms with Crippen LogP contribution in [0.1, 0.15) is 11.1 Å². The van der Waals surface area contributed by atoms with Gasteiger partial charge in [0.25, 0.3) is 0 Å². The second kappa shape index (κ2) is 5.44. The topological polar surface area (TPSA) is 66.4 Å². The fraction of sp³-hybridized carbons (Fsp3) is 0.385. The van der Waals surface area contributed by atoms with E-state index in [2.05, 4.69) is 5.32 Å². The summed E-state index contributed by atoms with van der Waals surface area (Å²) in [5.74, 6) is -0.718. The molecular formula is C13H15NO3S. The number of aliphatic carboxylic acids is 1. The number of thioether (sulfide) groups is 1. The van der Waals surface area contributed by atoms with E-state index >= 15 is 0 Å². The van der Waals surface area contributed by atoms with Crippen LogP contribution >= 0.6 is 11.8 Å². The summed E-state index contributed by atoms with van der Waals surface area (Å²) in [5.41, 5.74) is 2.30. The van der Waals surface area contributed by atoms with E-state index in [0.717, 1.165) is 11.1 Å². The molecule has 0 saturated carbocycles. The molecule has 1 amide bonds. The second-order valence-electron chi connectivity index (χ2n) is 4.35. The van der Waals surface area contributed by atoms with Gasteiger partial charge in [-0.3, -0.25) is 4.79 Å². The maximum atomic E-state index is 11.8. The minimum absolute atomic E-state index is 0.179. The molecule has 4 nitrogen and oxygen atoms in total. The van der Waals surface area contributed by atoms with Crippen LogP contribution in [0, 0.1) is 6.92 Å². The molecule has 1 saturated heterocycles. The lowest BCUT2D eigenvalue weighted by atomic mass is 10.0. The molecule has 96 valence electrons. The zero-order chi connectivity index (χ0) is 13.1. The fourth-order valence-corrected chi connectivity index (χ4v) is 3.09. The van der Waals surface area contributed by atoms with Gasteiger partial charge in [-0.15, -0.1) is 11.8 Å².